The number of sulfonamides is 1. The minimum atomic E-state index is -3.38. The number of aryl methyl sites for hydroxylation is 1. The minimum Gasteiger partial charge on any atom is -0.286 e. The SMILES string of the molecule is Cc1ccc(S(=O)(=O)N2C[C@@H]3C=C4CCCC[C@@H]4N4C[C@]34C2)cc1. The summed E-state index contributed by atoms with van der Waals surface area (Å²) in [6.07, 6.45) is 7.51. The van der Waals surface area contributed by atoms with Gasteiger partial charge >= 0.3 is 0 Å². The maximum atomic E-state index is 13.1. The number of hydrogen-bond donors (Lipinski definition) is 0. The predicted octanol–water partition coefficient (Wildman–Crippen LogP) is 2.55. The summed E-state index contributed by atoms with van der Waals surface area (Å²) in [5, 5.41) is 0. The first kappa shape index (κ1) is 15.1. The molecule has 1 aromatic rings. The van der Waals surface area contributed by atoms with Crippen molar-refractivity contribution in [3.8, 4) is 0 Å². The Kier molecular flexibility index (Phi) is 3.10. The molecular formula is C19H24N2O2S. The monoisotopic (exact) mass is 344 g/mol. The summed E-state index contributed by atoms with van der Waals surface area (Å²) >= 11 is 0. The van der Waals surface area contributed by atoms with E-state index in [1.807, 2.05) is 19.1 Å². The normalized spacial score (nSPS) is 38.0. The maximum absolute atomic E-state index is 13.1. The van der Waals surface area contributed by atoms with Crippen molar-refractivity contribution in [1.29, 1.82) is 0 Å². The lowest BCUT2D eigenvalue weighted by molar-refractivity contribution is 0.267. The van der Waals surface area contributed by atoms with Gasteiger partial charge in [0.05, 0.1) is 10.4 Å². The minimum absolute atomic E-state index is 0.100. The van der Waals surface area contributed by atoms with Crippen molar-refractivity contribution < 1.29 is 8.42 Å². The fourth-order valence-corrected chi connectivity index (χ4v) is 6.63. The lowest BCUT2D eigenvalue weighted by Gasteiger charge is -2.35. The molecule has 3 heterocycles. The highest BCUT2D eigenvalue weighted by Crippen LogP contribution is 2.54. The molecule has 5 heteroatoms. The van der Waals surface area contributed by atoms with E-state index in [0.717, 1.165) is 12.1 Å². The molecule has 3 aliphatic heterocycles. The van der Waals surface area contributed by atoms with Gasteiger partial charge in [-0.05, 0) is 38.3 Å². The summed E-state index contributed by atoms with van der Waals surface area (Å²) in [7, 11) is -3.38. The molecule has 1 aromatic carbocycles. The smallest absolute Gasteiger partial charge is 0.243 e. The van der Waals surface area contributed by atoms with Crippen LogP contribution >= 0.6 is 0 Å². The van der Waals surface area contributed by atoms with Crippen molar-refractivity contribution in [2.75, 3.05) is 19.6 Å². The lowest BCUT2D eigenvalue weighted by atomic mass is 9.81. The summed E-state index contributed by atoms with van der Waals surface area (Å²) in [6, 6.07) is 7.85. The molecule has 2 saturated heterocycles. The molecule has 1 aliphatic carbocycles. The van der Waals surface area contributed by atoms with E-state index in [9.17, 15) is 8.42 Å². The third kappa shape index (κ3) is 2.01. The van der Waals surface area contributed by atoms with Gasteiger partial charge in [-0.25, -0.2) is 8.42 Å². The zero-order valence-electron chi connectivity index (χ0n) is 14.1. The second kappa shape index (κ2) is 4.93. The van der Waals surface area contributed by atoms with E-state index in [4.69, 9.17) is 0 Å². The van der Waals surface area contributed by atoms with Crippen LogP contribution in [0.15, 0.2) is 40.8 Å². The molecule has 0 N–H and O–H groups in total. The van der Waals surface area contributed by atoms with Crippen LogP contribution in [0.3, 0.4) is 0 Å². The average Bonchev–Trinajstić information content (AvgIpc) is 3.19. The van der Waals surface area contributed by atoms with Gasteiger partial charge in [-0.15, -0.1) is 0 Å². The number of benzene rings is 1. The molecule has 4 aliphatic rings. The molecule has 4 nitrogen and oxygen atoms in total. The molecule has 0 bridgehead atoms. The molecule has 128 valence electrons. The third-order valence-electron chi connectivity index (χ3n) is 6.52. The Hall–Kier alpha value is -1.17. The van der Waals surface area contributed by atoms with Crippen LogP contribution in [-0.4, -0.2) is 48.8 Å². The fraction of sp³-hybridized carbons (Fsp3) is 0.579. The highest BCUT2D eigenvalue weighted by molar-refractivity contribution is 7.89. The molecule has 0 radical (unpaired) electrons. The third-order valence-corrected chi connectivity index (χ3v) is 8.35. The van der Waals surface area contributed by atoms with Gasteiger partial charge in [0.25, 0.3) is 0 Å². The second-order valence-electron chi connectivity index (χ2n) is 7.95. The molecule has 24 heavy (non-hydrogen) atoms. The molecule has 3 fully saturated rings. The summed E-state index contributed by atoms with van der Waals surface area (Å²) in [6.45, 7) is 4.36. The van der Waals surface area contributed by atoms with Crippen LogP contribution in [0.5, 0.6) is 0 Å². The van der Waals surface area contributed by atoms with Crippen molar-refractivity contribution in [3.05, 3.63) is 41.5 Å². The number of rotatable bonds is 2. The molecule has 1 saturated carbocycles. The summed E-state index contributed by atoms with van der Waals surface area (Å²) in [4.78, 5) is 3.03. The Morgan fingerprint density at radius 3 is 2.71 bits per heavy atom. The van der Waals surface area contributed by atoms with Gasteiger partial charge in [0.2, 0.25) is 10.0 Å². The first-order valence-electron chi connectivity index (χ1n) is 9.05. The van der Waals surface area contributed by atoms with E-state index < -0.39 is 10.0 Å². The zero-order valence-corrected chi connectivity index (χ0v) is 14.9. The molecule has 1 spiro atoms. The molecule has 4 atom stereocenters. The van der Waals surface area contributed by atoms with Crippen LogP contribution in [0, 0.1) is 12.8 Å². The van der Waals surface area contributed by atoms with E-state index in [1.165, 1.54) is 25.7 Å². The van der Waals surface area contributed by atoms with Crippen LogP contribution < -0.4 is 0 Å². The van der Waals surface area contributed by atoms with Gasteiger partial charge in [0, 0.05) is 31.6 Å². The van der Waals surface area contributed by atoms with Crippen molar-refractivity contribution >= 4 is 10.0 Å². The molecule has 0 amide bonds. The Balaban J connectivity index is 1.45. The van der Waals surface area contributed by atoms with Crippen LogP contribution in [0.1, 0.15) is 31.2 Å². The Labute approximate surface area is 144 Å². The van der Waals surface area contributed by atoms with Crippen molar-refractivity contribution in [3.63, 3.8) is 0 Å². The van der Waals surface area contributed by atoms with Gasteiger partial charge in [-0.1, -0.05) is 35.8 Å². The van der Waals surface area contributed by atoms with E-state index in [1.54, 1.807) is 22.0 Å². The molecule has 0 aromatic heterocycles. The maximum Gasteiger partial charge on any atom is 0.243 e. The number of fused-ring (bicyclic) bond motifs is 2. The summed E-state index contributed by atoms with van der Waals surface area (Å²) in [5.41, 5.74) is 2.77. The first-order chi connectivity index (χ1) is 11.5. The van der Waals surface area contributed by atoms with E-state index >= 15 is 0 Å². The van der Waals surface area contributed by atoms with Crippen molar-refractivity contribution in [2.24, 2.45) is 5.92 Å². The predicted molar refractivity (Wildman–Crippen MR) is 93.2 cm³/mol. The second-order valence-corrected chi connectivity index (χ2v) is 9.89. The quantitative estimate of drug-likeness (QED) is 0.611. The topological polar surface area (TPSA) is 40.4 Å². The average molecular weight is 344 g/mol. The highest BCUT2D eigenvalue weighted by atomic mass is 32.2. The number of hydrogen-bond acceptors (Lipinski definition) is 3. The van der Waals surface area contributed by atoms with Gasteiger partial charge in [0.15, 0.2) is 0 Å². The Morgan fingerprint density at radius 1 is 1.12 bits per heavy atom. The van der Waals surface area contributed by atoms with Crippen LogP contribution in [0.4, 0.5) is 0 Å². The van der Waals surface area contributed by atoms with E-state index in [2.05, 4.69) is 11.0 Å². The molecule has 1 unspecified atom stereocenters. The van der Waals surface area contributed by atoms with Crippen molar-refractivity contribution in [1.82, 2.24) is 9.21 Å². The molecular weight excluding hydrogens is 320 g/mol. The van der Waals surface area contributed by atoms with Crippen LogP contribution in [-0.2, 0) is 10.0 Å². The Morgan fingerprint density at radius 2 is 1.92 bits per heavy atom. The van der Waals surface area contributed by atoms with Gasteiger partial charge in [-0.3, -0.25) is 4.90 Å². The molecule has 5 rings (SSSR count). The zero-order chi connectivity index (χ0) is 16.5. The summed E-state index contributed by atoms with van der Waals surface area (Å²) < 4.78 is 27.8. The standard InChI is InChI=1S/C19H24N2O2S/c1-14-6-8-17(9-7-14)24(22,23)20-11-16-10-15-4-2-3-5-18(15)21-13-19(16,21)12-20/h6-10,16,18H,2-5,11-13H2,1H3/t16-,18-,19+,21?/m0/s1. The van der Waals surface area contributed by atoms with E-state index in [0.29, 0.717) is 29.9 Å². The Bertz CT molecular complexity index is 814. The van der Waals surface area contributed by atoms with E-state index in [-0.39, 0.29) is 5.54 Å². The van der Waals surface area contributed by atoms with Crippen LogP contribution in [0.2, 0.25) is 0 Å². The lowest BCUT2D eigenvalue weighted by Crippen LogP contribution is -2.39. The van der Waals surface area contributed by atoms with Crippen LogP contribution in [0.25, 0.3) is 0 Å². The van der Waals surface area contributed by atoms with Gasteiger partial charge < -0.3 is 0 Å². The number of nitrogens with zero attached hydrogens (tertiary/aromatic N) is 2. The summed E-state index contributed by atoms with van der Waals surface area (Å²) in [5.74, 6) is 0.377. The van der Waals surface area contributed by atoms with Crippen molar-refractivity contribution in [2.45, 2.75) is 49.1 Å². The highest BCUT2D eigenvalue weighted by Gasteiger charge is 2.66. The largest absolute Gasteiger partial charge is 0.286 e. The first-order valence-corrected chi connectivity index (χ1v) is 10.5. The van der Waals surface area contributed by atoms with Gasteiger partial charge in [-0.2, -0.15) is 4.31 Å². The van der Waals surface area contributed by atoms with Gasteiger partial charge in [0.1, 0.15) is 0 Å². The fourth-order valence-electron chi connectivity index (χ4n) is 5.11.